The van der Waals surface area contributed by atoms with Crippen molar-refractivity contribution in [2.24, 2.45) is 0 Å². The van der Waals surface area contributed by atoms with Gasteiger partial charge in [0.2, 0.25) is 0 Å². The van der Waals surface area contributed by atoms with Crippen LogP contribution in [0, 0.1) is 11.6 Å². The third-order valence-electron chi connectivity index (χ3n) is 3.13. The first-order chi connectivity index (χ1) is 9.46. The molecular formula is C15H14BrF2NO. The molecule has 2 nitrogen and oxygen atoms in total. The Hall–Kier alpha value is -1.46. The Labute approximate surface area is 124 Å². The second-order valence-corrected chi connectivity index (χ2v) is 5.57. The predicted molar refractivity (Wildman–Crippen MR) is 78.6 cm³/mol. The van der Waals surface area contributed by atoms with Crippen molar-refractivity contribution < 1.29 is 13.9 Å². The maximum absolute atomic E-state index is 13.7. The fourth-order valence-electron chi connectivity index (χ4n) is 1.99. The molecule has 0 bridgehead atoms. The van der Waals surface area contributed by atoms with Gasteiger partial charge >= 0.3 is 0 Å². The molecule has 1 unspecified atom stereocenters. The van der Waals surface area contributed by atoms with Gasteiger partial charge in [-0.25, -0.2) is 8.78 Å². The van der Waals surface area contributed by atoms with E-state index in [2.05, 4.69) is 21.2 Å². The molecule has 2 N–H and O–H groups in total. The molecule has 2 rings (SSSR count). The lowest BCUT2D eigenvalue weighted by Crippen LogP contribution is -2.36. The van der Waals surface area contributed by atoms with Gasteiger partial charge in [-0.15, -0.1) is 0 Å². The van der Waals surface area contributed by atoms with Crippen LogP contribution in [0.3, 0.4) is 0 Å². The van der Waals surface area contributed by atoms with E-state index in [9.17, 15) is 13.9 Å². The summed E-state index contributed by atoms with van der Waals surface area (Å²) in [6.45, 7) is 1.45. The van der Waals surface area contributed by atoms with Gasteiger partial charge in [0, 0.05) is 4.47 Å². The van der Waals surface area contributed by atoms with Crippen molar-refractivity contribution in [2.75, 3.05) is 11.9 Å². The number of aliphatic hydroxyl groups is 1. The number of halogens is 3. The first kappa shape index (κ1) is 14.9. The van der Waals surface area contributed by atoms with Gasteiger partial charge in [0.1, 0.15) is 11.6 Å². The van der Waals surface area contributed by atoms with Gasteiger partial charge in [-0.05, 0) is 36.8 Å². The molecule has 0 fully saturated rings. The SMILES string of the molecule is CC(CO)(Nc1ccccc1F)c1ccc(F)cc1Br. The summed E-state index contributed by atoms with van der Waals surface area (Å²) in [5, 5.41) is 12.7. The van der Waals surface area contributed by atoms with Crippen molar-refractivity contribution in [3.63, 3.8) is 0 Å². The monoisotopic (exact) mass is 341 g/mol. The van der Waals surface area contributed by atoms with Crippen molar-refractivity contribution in [1.29, 1.82) is 0 Å². The molecule has 0 heterocycles. The largest absolute Gasteiger partial charge is 0.394 e. The summed E-state index contributed by atoms with van der Waals surface area (Å²) in [4.78, 5) is 0. The molecular weight excluding hydrogens is 328 g/mol. The van der Waals surface area contributed by atoms with Crippen molar-refractivity contribution in [3.8, 4) is 0 Å². The number of hydrogen-bond donors (Lipinski definition) is 2. The zero-order valence-corrected chi connectivity index (χ0v) is 12.4. The standard InChI is InChI=1S/C15H14BrF2NO/c1-15(9-20,11-7-6-10(17)8-12(11)16)19-14-5-3-2-4-13(14)18/h2-8,19-20H,9H2,1H3. The van der Waals surface area contributed by atoms with Gasteiger partial charge in [0.15, 0.2) is 0 Å². The van der Waals surface area contributed by atoms with Crippen LogP contribution in [0.25, 0.3) is 0 Å². The minimum absolute atomic E-state index is 0.272. The highest BCUT2D eigenvalue weighted by atomic mass is 79.9. The molecule has 0 spiro atoms. The molecule has 20 heavy (non-hydrogen) atoms. The van der Waals surface area contributed by atoms with Gasteiger partial charge in [-0.2, -0.15) is 0 Å². The Morgan fingerprint density at radius 2 is 1.90 bits per heavy atom. The number of nitrogens with one attached hydrogen (secondary N) is 1. The van der Waals surface area contributed by atoms with Crippen molar-refractivity contribution >= 4 is 21.6 Å². The summed E-state index contributed by atoms with van der Waals surface area (Å²) < 4.78 is 27.4. The van der Waals surface area contributed by atoms with E-state index in [1.54, 1.807) is 31.2 Å². The predicted octanol–water partition coefficient (Wildman–Crippen LogP) is 4.05. The maximum atomic E-state index is 13.7. The summed E-state index contributed by atoms with van der Waals surface area (Å²) in [7, 11) is 0. The highest BCUT2D eigenvalue weighted by Crippen LogP contribution is 2.32. The lowest BCUT2D eigenvalue weighted by Gasteiger charge is -2.31. The molecule has 0 aliphatic rings. The average Bonchev–Trinajstić information content (AvgIpc) is 2.41. The quantitative estimate of drug-likeness (QED) is 0.879. The summed E-state index contributed by atoms with van der Waals surface area (Å²) in [6, 6.07) is 10.4. The lowest BCUT2D eigenvalue weighted by atomic mass is 9.92. The van der Waals surface area contributed by atoms with Crippen molar-refractivity contribution in [2.45, 2.75) is 12.5 Å². The van der Waals surface area contributed by atoms with Crippen molar-refractivity contribution in [3.05, 3.63) is 64.1 Å². The van der Waals surface area contributed by atoms with Crippen LogP contribution >= 0.6 is 15.9 Å². The zero-order valence-electron chi connectivity index (χ0n) is 10.8. The van der Waals surface area contributed by atoms with Gasteiger partial charge in [0.05, 0.1) is 17.8 Å². The first-order valence-corrected chi connectivity index (χ1v) is 6.85. The maximum Gasteiger partial charge on any atom is 0.146 e. The molecule has 106 valence electrons. The molecule has 2 aromatic rings. The molecule has 0 saturated carbocycles. The molecule has 0 radical (unpaired) electrons. The zero-order chi connectivity index (χ0) is 14.8. The van der Waals surface area contributed by atoms with Crippen molar-refractivity contribution in [1.82, 2.24) is 0 Å². The van der Waals surface area contributed by atoms with Gasteiger partial charge < -0.3 is 10.4 Å². The topological polar surface area (TPSA) is 32.3 Å². The molecule has 0 aliphatic carbocycles. The Balaban J connectivity index is 2.41. The highest BCUT2D eigenvalue weighted by Gasteiger charge is 2.28. The summed E-state index contributed by atoms with van der Waals surface area (Å²) in [5.74, 6) is -0.794. The summed E-state index contributed by atoms with van der Waals surface area (Å²) in [5.41, 5.74) is -0.0146. The molecule has 1 atom stereocenters. The smallest absolute Gasteiger partial charge is 0.146 e. The van der Waals surface area contributed by atoms with Crippen LogP contribution in [0.4, 0.5) is 14.5 Å². The molecule has 0 aliphatic heterocycles. The van der Waals surface area contributed by atoms with Crippen LogP contribution < -0.4 is 5.32 Å². The van der Waals surface area contributed by atoms with Crippen LogP contribution in [0.5, 0.6) is 0 Å². The minimum atomic E-state index is -0.936. The van der Waals surface area contributed by atoms with E-state index in [0.29, 0.717) is 10.0 Å². The van der Waals surface area contributed by atoms with E-state index in [0.717, 1.165) is 0 Å². The van der Waals surface area contributed by atoms with Crippen LogP contribution in [-0.2, 0) is 5.54 Å². The number of para-hydroxylation sites is 1. The van der Waals surface area contributed by atoms with Crippen LogP contribution in [0.1, 0.15) is 12.5 Å². The first-order valence-electron chi connectivity index (χ1n) is 6.05. The van der Waals surface area contributed by atoms with Crippen LogP contribution in [-0.4, -0.2) is 11.7 Å². The Kier molecular flexibility index (Phi) is 4.40. The molecule has 0 saturated heterocycles. The fraction of sp³-hybridized carbons (Fsp3) is 0.200. The molecule has 5 heteroatoms. The lowest BCUT2D eigenvalue weighted by molar-refractivity contribution is 0.223. The third kappa shape index (κ3) is 2.99. The number of hydrogen-bond acceptors (Lipinski definition) is 2. The van der Waals surface area contributed by atoms with E-state index in [1.807, 2.05) is 0 Å². The van der Waals surface area contributed by atoms with Crippen LogP contribution in [0.15, 0.2) is 46.9 Å². The Bertz CT molecular complexity index is 621. The number of aliphatic hydroxyl groups excluding tert-OH is 1. The van der Waals surface area contributed by atoms with E-state index in [4.69, 9.17) is 0 Å². The number of anilines is 1. The Morgan fingerprint density at radius 3 is 2.50 bits per heavy atom. The highest BCUT2D eigenvalue weighted by molar-refractivity contribution is 9.10. The molecule has 0 aromatic heterocycles. The average molecular weight is 342 g/mol. The second kappa shape index (κ2) is 5.89. The molecule has 0 amide bonds. The summed E-state index contributed by atoms with van der Waals surface area (Å²) in [6.07, 6.45) is 0. The van der Waals surface area contributed by atoms with E-state index < -0.39 is 11.4 Å². The van der Waals surface area contributed by atoms with E-state index in [-0.39, 0.29) is 18.1 Å². The van der Waals surface area contributed by atoms with Gasteiger partial charge in [-0.1, -0.05) is 34.1 Å². The number of benzene rings is 2. The van der Waals surface area contributed by atoms with Crippen LogP contribution in [0.2, 0.25) is 0 Å². The van der Waals surface area contributed by atoms with E-state index >= 15 is 0 Å². The van der Waals surface area contributed by atoms with Gasteiger partial charge in [-0.3, -0.25) is 0 Å². The minimum Gasteiger partial charge on any atom is -0.394 e. The second-order valence-electron chi connectivity index (χ2n) is 4.72. The summed E-state index contributed by atoms with van der Waals surface area (Å²) >= 11 is 3.27. The number of rotatable bonds is 4. The van der Waals surface area contributed by atoms with E-state index in [1.165, 1.54) is 18.2 Å². The fourth-order valence-corrected chi connectivity index (χ4v) is 2.78. The van der Waals surface area contributed by atoms with Gasteiger partial charge in [0.25, 0.3) is 0 Å². The third-order valence-corrected chi connectivity index (χ3v) is 3.78. The normalized spacial score (nSPS) is 13.8. The molecule has 2 aromatic carbocycles. The Morgan fingerprint density at radius 1 is 1.20 bits per heavy atom.